The van der Waals surface area contributed by atoms with Crippen LogP contribution in [0.25, 0.3) is 11.1 Å². The predicted octanol–water partition coefficient (Wildman–Crippen LogP) is 5.61. The summed E-state index contributed by atoms with van der Waals surface area (Å²) in [6, 6.07) is 15.3. The van der Waals surface area contributed by atoms with Gasteiger partial charge >= 0.3 is 6.09 Å². The molecule has 1 aliphatic heterocycles. The Bertz CT molecular complexity index is 1360. The summed E-state index contributed by atoms with van der Waals surface area (Å²) < 4.78 is 32.7. The second-order valence-electron chi connectivity index (χ2n) is 9.76. The van der Waals surface area contributed by atoms with Gasteiger partial charge in [-0.15, -0.1) is 0 Å². The van der Waals surface area contributed by atoms with E-state index in [-0.39, 0.29) is 40.4 Å². The second-order valence-corrected chi connectivity index (χ2v) is 10.2. The average Bonchev–Trinajstić information content (AvgIpc) is 3.22. The van der Waals surface area contributed by atoms with E-state index >= 15 is 4.39 Å². The van der Waals surface area contributed by atoms with Gasteiger partial charge in [0, 0.05) is 28.1 Å². The molecule has 3 aromatic rings. The molecule has 3 N–H and O–H groups in total. The zero-order chi connectivity index (χ0) is 27.0. The summed E-state index contributed by atoms with van der Waals surface area (Å²) in [7, 11) is 1.33. The first-order chi connectivity index (χ1) is 17.5. The molecule has 1 atom stereocenters. The fraction of sp³-hybridized carbons (Fsp3) is 0.286. The number of methoxy groups -OCH3 is 1. The van der Waals surface area contributed by atoms with Crippen molar-refractivity contribution < 1.29 is 28.2 Å². The third-order valence-electron chi connectivity index (χ3n) is 6.05. The maximum Gasteiger partial charge on any atom is 0.407 e. The normalized spacial score (nSPS) is 16.5. The number of rotatable bonds is 6. The molecule has 2 amide bonds. The van der Waals surface area contributed by atoms with Crippen LogP contribution < -0.4 is 20.5 Å². The molecule has 1 heterocycles. The van der Waals surface area contributed by atoms with Gasteiger partial charge in [0.1, 0.15) is 11.4 Å². The van der Waals surface area contributed by atoms with E-state index in [0.717, 1.165) is 5.56 Å². The molecule has 1 unspecified atom stereocenters. The molecule has 0 aliphatic carbocycles. The summed E-state index contributed by atoms with van der Waals surface area (Å²) in [6.45, 7) is 5.37. The van der Waals surface area contributed by atoms with E-state index in [9.17, 15) is 9.59 Å². The van der Waals surface area contributed by atoms with Gasteiger partial charge in [0.2, 0.25) is 5.91 Å². The fourth-order valence-corrected chi connectivity index (χ4v) is 4.74. The van der Waals surface area contributed by atoms with Gasteiger partial charge in [0.15, 0.2) is 17.2 Å². The first-order valence-electron chi connectivity index (χ1n) is 11.7. The van der Waals surface area contributed by atoms with Crippen LogP contribution in [0.3, 0.4) is 0 Å². The SMILES string of the molecule is COc1ccc(C(N)=O)c(-c2c(Cl)ccc3c2CC(CNC(=O)OC(C)(C)C)(c2ccccc2)O3)c1F. The van der Waals surface area contributed by atoms with Crippen LogP contribution in [0.2, 0.25) is 5.02 Å². The smallest absolute Gasteiger partial charge is 0.407 e. The molecule has 37 heavy (non-hydrogen) atoms. The Hall–Kier alpha value is -3.78. The molecule has 1 aliphatic rings. The van der Waals surface area contributed by atoms with Gasteiger partial charge in [-0.05, 0) is 50.6 Å². The van der Waals surface area contributed by atoms with Crippen molar-refractivity contribution in [3.8, 4) is 22.6 Å². The van der Waals surface area contributed by atoms with Crippen molar-refractivity contribution in [2.45, 2.75) is 38.4 Å². The molecule has 0 fully saturated rings. The number of primary amides is 1. The number of halogens is 2. The van der Waals surface area contributed by atoms with Crippen LogP contribution in [0.1, 0.15) is 42.3 Å². The number of fused-ring (bicyclic) bond motifs is 1. The van der Waals surface area contributed by atoms with E-state index in [1.54, 1.807) is 32.9 Å². The molecule has 0 radical (unpaired) electrons. The molecule has 4 rings (SSSR count). The van der Waals surface area contributed by atoms with Gasteiger partial charge in [-0.1, -0.05) is 41.9 Å². The van der Waals surface area contributed by atoms with Gasteiger partial charge in [0.05, 0.1) is 19.2 Å². The largest absolute Gasteiger partial charge is 0.494 e. The number of benzene rings is 3. The fourth-order valence-electron chi connectivity index (χ4n) is 4.47. The number of amides is 2. The summed E-state index contributed by atoms with van der Waals surface area (Å²) >= 11 is 6.62. The summed E-state index contributed by atoms with van der Waals surface area (Å²) in [6.07, 6.45) is -0.386. The van der Waals surface area contributed by atoms with Gasteiger partial charge in [0.25, 0.3) is 0 Å². The molecule has 0 spiro atoms. The lowest BCUT2D eigenvalue weighted by Gasteiger charge is -2.30. The van der Waals surface area contributed by atoms with E-state index in [4.69, 9.17) is 31.5 Å². The first kappa shape index (κ1) is 26.3. The minimum absolute atomic E-state index is 0.0438. The molecule has 0 saturated carbocycles. The lowest BCUT2D eigenvalue weighted by molar-refractivity contribution is 0.0415. The Morgan fingerprint density at radius 2 is 1.81 bits per heavy atom. The van der Waals surface area contributed by atoms with E-state index in [1.807, 2.05) is 30.3 Å². The van der Waals surface area contributed by atoms with Crippen molar-refractivity contribution in [1.82, 2.24) is 5.32 Å². The molecule has 3 aromatic carbocycles. The van der Waals surface area contributed by atoms with Crippen molar-refractivity contribution in [1.29, 1.82) is 0 Å². The molecule has 194 valence electrons. The monoisotopic (exact) mass is 526 g/mol. The van der Waals surface area contributed by atoms with Crippen molar-refractivity contribution in [3.05, 3.63) is 82.1 Å². The van der Waals surface area contributed by atoms with Crippen molar-refractivity contribution in [2.75, 3.05) is 13.7 Å². The van der Waals surface area contributed by atoms with Crippen molar-refractivity contribution in [3.63, 3.8) is 0 Å². The molecule has 0 saturated heterocycles. The Balaban J connectivity index is 1.84. The van der Waals surface area contributed by atoms with Gasteiger partial charge in [-0.3, -0.25) is 4.79 Å². The average molecular weight is 527 g/mol. The third-order valence-corrected chi connectivity index (χ3v) is 6.36. The van der Waals surface area contributed by atoms with E-state index in [1.165, 1.54) is 19.2 Å². The summed E-state index contributed by atoms with van der Waals surface area (Å²) in [4.78, 5) is 24.8. The van der Waals surface area contributed by atoms with E-state index < -0.39 is 29.0 Å². The topological polar surface area (TPSA) is 99.9 Å². The van der Waals surface area contributed by atoms with Crippen LogP contribution in [0.15, 0.2) is 54.6 Å². The predicted molar refractivity (Wildman–Crippen MR) is 139 cm³/mol. The lowest BCUT2D eigenvalue weighted by Crippen LogP contribution is -2.45. The van der Waals surface area contributed by atoms with Gasteiger partial charge in [-0.25, -0.2) is 9.18 Å². The van der Waals surface area contributed by atoms with Gasteiger partial charge < -0.3 is 25.3 Å². The zero-order valence-electron chi connectivity index (χ0n) is 21.0. The number of hydrogen-bond donors (Lipinski definition) is 2. The Morgan fingerprint density at radius 1 is 1.11 bits per heavy atom. The number of alkyl carbamates (subject to hydrolysis) is 1. The molecule has 7 nitrogen and oxygen atoms in total. The lowest BCUT2D eigenvalue weighted by atomic mass is 9.85. The minimum Gasteiger partial charge on any atom is -0.494 e. The highest BCUT2D eigenvalue weighted by Gasteiger charge is 2.44. The highest BCUT2D eigenvalue weighted by molar-refractivity contribution is 6.34. The maximum absolute atomic E-state index is 15.6. The number of nitrogens with one attached hydrogen (secondary N) is 1. The highest BCUT2D eigenvalue weighted by Crippen LogP contribution is 2.49. The summed E-state index contributed by atoms with van der Waals surface area (Å²) in [5, 5.41) is 3.01. The highest BCUT2D eigenvalue weighted by atomic mass is 35.5. The zero-order valence-corrected chi connectivity index (χ0v) is 21.7. The maximum atomic E-state index is 15.6. The van der Waals surface area contributed by atoms with Crippen LogP contribution in [0.4, 0.5) is 9.18 Å². The number of carbonyl (C=O) groups excluding carboxylic acids is 2. The van der Waals surface area contributed by atoms with Crippen LogP contribution in [-0.4, -0.2) is 31.3 Å². The quantitative estimate of drug-likeness (QED) is 0.435. The van der Waals surface area contributed by atoms with Crippen LogP contribution >= 0.6 is 11.6 Å². The number of ether oxygens (including phenoxy) is 3. The second kappa shape index (κ2) is 9.94. The van der Waals surface area contributed by atoms with Crippen molar-refractivity contribution in [2.24, 2.45) is 5.73 Å². The molecule has 0 bridgehead atoms. The summed E-state index contributed by atoms with van der Waals surface area (Å²) in [5.41, 5.74) is 5.38. The number of nitrogens with two attached hydrogens (primary N) is 1. The standard InChI is InChI=1S/C28H28ClFN2O5/c1-27(2,3)37-26(34)32-15-28(16-8-6-5-7-9-16)14-18-20(36-28)13-11-19(29)22(18)23-17(25(31)33)10-12-21(35-4)24(23)30/h5-13H,14-15H2,1-4H3,(H2,31,33)(H,32,34). The van der Waals surface area contributed by atoms with Crippen LogP contribution in [-0.2, 0) is 16.8 Å². The number of hydrogen-bond acceptors (Lipinski definition) is 5. The molecular weight excluding hydrogens is 499 g/mol. The van der Waals surface area contributed by atoms with Crippen LogP contribution in [0.5, 0.6) is 11.5 Å². The van der Waals surface area contributed by atoms with Gasteiger partial charge in [-0.2, -0.15) is 0 Å². The first-order valence-corrected chi connectivity index (χ1v) is 12.0. The Kier molecular flexibility index (Phi) is 7.06. The van der Waals surface area contributed by atoms with Crippen LogP contribution in [0, 0.1) is 5.82 Å². The van der Waals surface area contributed by atoms with Crippen molar-refractivity contribution >= 4 is 23.6 Å². The van der Waals surface area contributed by atoms with E-state index in [0.29, 0.717) is 11.3 Å². The molecule has 9 heteroatoms. The molecule has 0 aromatic heterocycles. The summed E-state index contributed by atoms with van der Waals surface area (Å²) in [5.74, 6) is -1.20. The Labute approximate surface area is 219 Å². The third kappa shape index (κ3) is 5.20. The molecular formula is C28H28ClFN2O5. The number of carbonyl (C=O) groups is 2. The minimum atomic E-state index is -1.05. The Morgan fingerprint density at radius 3 is 2.43 bits per heavy atom. The van der Waals surface area contributed by atoms with E-state index in [2.05, 4.69) is 5.32 Å².